The molecule has 2 heterocycles. The third kappa shape index (κ3) is 5.01. The number of thioether (sulfide) groups is 1. The van der Waals surface area contributed by atoms with Gasteiger partial charge in [-0.3, -0.25) is 4.79 Å². The molecule has 2 aromatic carbocycles. The van der Waals surface area contributed by atoms with Crippen molar-refractivity contribution in [3.05, 3.63) is 81.3 Å². The molecule has 0 radical (unpaired) electrons. The van der Waals surface area contributed by atoms with E-state index in [-0.39, 0.29) is 5.78 Å². The summed E-state index contributed by atoms with van der Waals surface area (Å²) in [7, 11) is 0. The van der Waals surface area contributed by atoms with E-state index in [1.165, 1.54) is 11.8 Å². The summed E-state index contributed by atoms with van der Waals surface area (Å²) in [5.41, 5.74) is 3.11. The minimum absolute atomic E-state index is 0.0257. The highest BCUT2D eigenvalue weighted by Gasteiger charge is 2.27. The highest BCUT2D eigenvalue weighted by atomic mass is 35.5. The van der Waals surface area contributed by atoms with Gasteiger partial charge in [-0.25, -0.2) is 4.99 Å². The second-order valence-corrected chi connectivity index (χ2v) is 8.74. The van der Waals surface area contributed by atoms with Gasteiger partial charge in [-0.05, 0) is 55.8 Å². The average molecular weight is 473 g/mol. The number of Topliss-reactive ketones (excluding diaryl/α,β-unsaturated/α-hetero) is 1. The Hall–Kier alpha value is -2.61. The Morgan fingerprint density at radius 1 is 1.06 bits per heavy atom. The monoisotopic (exact) mass is 472 g/mol. The Labute approximate surface area is 193 Å². The summed E-state index contributed by atoms with van der Waals surface area (Å²) in [4.78, 5) is 17.0. The van der Waals surface area contributed by atoms with Crippen LogP contribution in [0.5, 0.6) is 0 Å². The molecular formula is C22H18Cl2N4O2S. The number of halogens is 2. The lowest BCUT2D eigenvalue weighted by Gasteiger charge is -2.25. The molecule has 1 atom stereocenters. The van der Waals surface area contributed by atoms with Crippen molar-refractivity contribution < 1.29 is 9.21 Å². The number of nitrogens with one attached hydrogen (secondary N) is 1. The van der Waals surface area contributed by atoms with Crippen LogP contribution in [0.3, 0.4) is 0 Å². The third-order valence-electron chi connectivity index (χ3n) is 4.67. The van der Waals surface area contributed by atoms with Crippen LogP contribution in [-0.2, 0) is 10.5 Å². The van der Waals surface area contributed by atoms with Gasteiger partial charge < -0.3 is 9.73 Å². The summed E-state index contributed by atoms with van der Waals surface area (Å²) < 4.78 is 5.76. The number of rotatable bonds is 5. The van der Waals surface area contributed by atoms with Crippen molar-refractivity contribution in [2.75, 3.05) is 0 Å². The van der Waals surface area contributed by atoms with Crippen LogP contribution in [0.4, 0.5) is 0 Å². The topological polar surface area (TPSA) is 80.4 Å². The zero-order chi connectivity index (χ0) is 22.0. The molecule has 6 nitrogen and oxygen atoms in total. The lowest BCUT2D eigenvalue weighted by molar-refractivity contribution is -0.113. The van der Waals surface area contributed by atoms with Crippen LogP contribution in [-0.4, -0.2) is 21.1 Å². The Morgan fingerprint density at radius 2 is 1.71 bits per heavy atom. The highest BCUT2D eigenvalue weighted by Crippen LogP contribution is 2.33. The van der Waals surface area contributed by atoms with E-state index in [0.29, 0.717) is 38.3 Å². The van der Waals surface area contributed by atoms with Crippen molar-refractivity contribution in [1.82, 2.24) is 15.5 Å². The summed E-state index contributed by atoms with van der Waals surface area (Å²) in [6.07, 6.45) is 0. The first-order valence-electron chi connectivity index (χ1n) is 9.44. The summed E-state index contributed by atoms with van der Waals surface area (Å²) in [6.45, 7) is 3.42. The van der Waals surface area contributed by atoms with Gasteiger partial charge in [-0.15, -0.1) is 10.2 Å². The van der Waals surface area contributed by atoms with Crippen molar-refractivity contribution in [3.8, 4) is 11.5 Å². The number of amidine groups is 1. The zero-order valence-electron chi connectivity index (χ0n) is 16.7. The number of nitrogens with zero attached hydrogens (tertiary/aromatic N) is 3. The number of benzene rings is 2. The molecule has 0 saturated heterocycles. The van der Waals surface area contributed by atoms with E-state index in [1.807, 2.05) is 31.2 Å². The van der Waals surface area contributed by atoms with Crippen molar-refractivity contribution in [3.63, 3.8) is 0 Å². The predicted octanol–water partition coefficient (Wildman–Crippen LogP) is 5.84. The number of aliphatic imine (C=N–C) groups is 1. The van der Waals surface area contributed by atoms with Crippen LogP contribution in [0.25, 0.3) is 11.5 Å². The molecule has 1 aliphatic rings. The van der Waals surface area contributed by atoms with Crippen LogP contribution < -0.4 is 5.32 Å². The first-order valence-corrected chi connectivity index (χ1v) is 11.2. The molecule has 0 fully saturated rings. The number of hydrogen-bond acceptors (Lipinski definition) is 7. The van der Waals surface area contributed by atoms with Gasteiger partial charge in [-0.1, -0.05) is 47.1 Å². The number of hydrogen-bond donors (Lipinski definition) is 1. The van der Waals surface area contributed by atoms with E-state index in [0.717, 1.165) is 16.8 Å². The quantitative estimate of drug-likeness (QED) is 0.502. The van der Waals surface area contributed by atoms with Crippen molar-refractivity contribution >= 4 is 45.9 Å². The predicted molar refractivity (Wildman–Crippen MR) is 124 cm³/mol. The van der Waals surface area contributed by atoms with Crippen molar-refractivity contribution in [2.24, 2.45) is 4.99 Å². The normalized spacial score (nSPS) is 16.1. The largest absolute Gasteiger partial charge is 0.420 e. The van der Waals surface area contributed by atoms with Gasteiger partial charge in [0.2, 0.25) is 11.8 Å². The fourth-order valence-electron chi connectivity index (χ4n) is 3.21. The van der Waals surface area contributed by atoms with Gasteiger partial charge in [0.25, 0.3) is 0 Å². The van der Waals surface area contributed by atoms with Crippen molar-refractivity contribution in [1.29, 1.82) is 0 Å². The maximum absolute atomic E-state index is 12.3. The van der Waals surface area contributed by atoms with Crippen LogP contribution in [0.1, 0.15) is 31.3 Å². The molecule has 31 heavy (non-hydrogen) atoms. The molecular weight excluding hydrogens is 455 g/mol. The van der Waals surface area contributed by atoms with Crippen LogP contribution in [0, 0.1) is 0 Å². The second kappa shape index (κ2) is 9.26. The molecule has 9 heteroatoms. The number of allylic oxidation sites excluding steroid dienone is 1. The molecule has 4 rings (SSSR count). The van der Waals surface area contributed by atoms with Gasteiger partial charge in [0, 0.05) is 26.9 Å². The standard InChI is InChI=1S/C22H18Cl2N4O2S/c1-12-19(13(2)29)20(14-3-7-16(23)8-4-14)26-22(25-12)31-11-18-27-28-21(30-18)15-5-9-17(24)10-6-15/h3-10,20H,11H2,1-2H3,(H,25,26). The lowest BCUT2D eigenvalue weighted by atomic mass is 9.94. The molecule has 3 aromatic rings. The molecule has 0 bridgehead atoms. The van der Waals surface area contributed by atoms with Gasteiger partial charge in [-0.2, -0.15) is 0 Å². The molecule has 1 aromatic heterocycles. The maximum atomic E-state index is 12.3. The molecule has 0 amide bonds. The van der Waals surface area contributed by atoms with Crippen LogP contribution in [0.2, 0.25) is 10.0 Å². The summed E-state index contributed by atoms with van der Waals surface area (Å²) in [5, 5.41) is 13.4. The average Bonchev–Trinajstić information content (AvgIpc) is 3.21. The fraction of sp³-hybridized carbons (Fsp3) is 0.182. The number of ketones is 1. The molecule has 0 aliphatic carbocycles. The Bertz CT molecular complexity index is 1170. The Morgan fingerprint density at radius 3 is 2.35 bits per heavy atom. The SMILES string of the molecule is CC(=O)C1=C(C)NC(SCc2nnc(-c3ccc(Cl)cc3)o2)=NC1c1ccc(Cl)cc1. The summed E-state index contributed by atoms with van der Waals surface area (Å²) >= 11 is 13.4. The van der Waals surface area contributed by atoms with Gasteiger partial charge in [0.1, 0.15) is 6.04 Å². The zero-order valence-corrected chi connectivity index (χ0v) is 19.1. The smallest absolute Gasteiger partial charge is 0.247 e. The third-order valence-corrected chi connectivity index (χ3v) is 6.05. The van der Waals surface area contributed by atoms with Crippen LogP contribution >= 0.6 is 35.0 Å². The van der Waals surface area contributed by atoms with E-state index in [2.05, 4.69) is 15.5 Å². The van der Waals surface area contributed by atoms with Crippen LogP contribution in [0.15, 0.2) is 69.2 Å². The fourth-order valence-corrected chi connectivity index (χ4v) is 4.25. The van der Waals surface area contributed by atoms with Gasteiger partial charge in [0.15, 0.2) is 11.0 Å². The molecule has 1 unspecified atom stereocenters. The molecule has 0 saturated carbocycles. The second-order valence-electron chi connectivity index (χ2n) is 6.90. The van der Waals surface area contributed by atoms with E-state index < -0.39 is 6.04 Å². The Kier molecular flexibility index (Phi) is 6.46. The molecule has 1 aliphatic heterocycles. The first-order chi connectivity index (χ1) is 14.9. The molecule has 1 N–H and O–H groups in total. The number of aromatic nitrogens is 2. The lowest BCUT2D eigenvalue weighted by Crippen LogP contribution is -2.29. The minimum atomic E-state index is -0.397. The summed E-state index contributed by atoms with van der Waals surface area (Å²) in [6, 6.07) is 14.2. The summed E-state index contributed by atoms with van der Waals surface area (Å²) in [5.74, 6) is 1.31. The first kappa shape index (κ1) is 21.6. The highest BCUT2D eigenvalue weighted by molar-refractivity contribution is 8.13. The van der Waals surface area contributed by atoms with Crippen molar-refractivity contribution in [2.45, 2.75) is 25.6 Å². The van der Waals surface area contributed by atoms with E-state index in [9.17, 15) is 4.79 Å². The van der Waals surface area contributed by atoms with E-state index in [1.54, 1.807) is 31.2 Å². The number of carbonyl (C=O) groups is 1. The number of carbonyl (C=O) groups excluding carboxylic acids is 1. The molecule has 158 valence electrons. The maximum Gasteiger partial charge on any atom is 0.247 e. The van der Waals surface area contributed by atoms with E-state index in [4.69, 9.17) is 32.6 Å². The molecule has 0 spiro atoms. The van der Waals surface area contributed by atoms with E-state index >= 15 is 0 Å². The van der Waals surface area contributed by atoms with Gasteiger partial charge >= 0.3 is 0 Å². The minimum Gasteiger partial charge on any atom is -0.420 e. The Balaban J connectivity index is 1.52. The van der Waals surface area contributed by atoms with Gasteiger partial charge in [0.05, 0.1) is 5.75 Å².